The third-order valence-electron chi connectivity index (χ3n) is 4.49. The highest BCUT2D eigenvalue weighted by Gasteiger charge is 2.34. The van der Waals surface area contributed by atoms with Crippen molar-refractivity contribution in [1.82, 2.24) is 9.88 Å². The highest BCUT2D eigenvalue weighted by Crippen LogP contribution is 2.26. The molecule has 28 heavy (non-hydrogen) atoms. The molecule has 1 aromatic heterocycles. The first kappa shape index (κ1) is 19.9. The smallest absolute Gasteiger partial charge is 0.250 e. The van der Waals surface area contributed by atoms with E-state index in [1.807, 2.05) is 12.1 Å². The van der Waals surface area contributed by atoms with Crippen LogP contribution in [-0.2, 0) is 25.6 Å². The summed E-state index contributed by atoms with van der Waals surface area (Å²) in [6.45, 7) is 0.547. The zero-order valence-corrected chi connectivity index (χ0v) is 15.6. The molecule has 1 aromatic carbocycles. The van der Waals surface area contributed by atoms with Crippen molar-refractivity contribution in [3.8, 4) is 0 Å². The molecule has 8 nitrogen and oxygen atoms in total. The summed E-state index contributed by atoms with van der Waals surface area (Å²) in [5, 5.41) is 13.6. The van der Waals surface area contributed by atoms with Crippen LogP contribution >= 0.6 is 0 Å². The Hall–Kier alpha value is -2.81. The maximum Gasteiger partial charge on any atom is 0.250 e. The van der Waals surface area contributed by atoms with E-state index in [4.69, 9.17) is 9.47 Å². The fraction of sp³-hybridized carbons (Fsp3) is 0.350. The topological polar surface area (TPSA) is 101 Å². The van der Waals surface area contributed by atoms with Crippen LogP contribution in [0.1, 0.15) is 17.2 Å². The van der Waals surface area contributed by atoms with E-state index in [0.29, 0.717) is 17.8 Å². The van der Waals surface area contributed by atoms with E-state index in [9.17, 15) is 14.7 Å². The average molecular weight is 385 g/mol. The van der Waals surface area contributed by atoms with Crippen LogP contribution in [0.5, 0.6) is 0 Å². The van der Waals surface area contributed by atoms with Gasteiger partial charge in [-0.05, 0) is 29.3 Å². The van der Waals surface area contributed by atoms with Gasteiger partial charge in [-0.3, -0.25) is 14.6 Å². The summed E-state index contributed by atoms with van der Waals surface area (Å²) in [5.41, 5.74) is 2.11. The Balaban J connectivity index is 1.72. The largest absolute Gasteiger partial charge is 0.386 e. The van der Waals surface area contributed by atoms with Crippen LogP contribution < -0.4 is 5.32 Å². The van der Waals surface area contributed by atoms with Gasteiger partial charge in [-0.2, -0.15) is 0 Å². The number of rotatable bonds is 7. The molecular formula is C20H23N3O5. The van der Waals surface area contributed by atoms with Gasteiger partial charge >= 0.3 is 0 Å². The van der Waals surface area contributed by atoms with Gasteiger partial charge in [0, 0.05) is 31.7 Å². The van der Waals surface area contributed by atoms with Crippen molar-refractivity contribution in [3.63, 3.8) is 0 Å². The molecule has 0 spiro atoms. The number of carbonyl (C=O) groups excluding carboxylic acids is 2. The van der Waals surface area contributed by atoms with E-state index in [1.165, 1.54) is 7.11 Å². The van der Waals surface area contributed by atoms with Crippen LogP contribution in [-0.4, -0.2) is 59.8 Å². The number of benzene rings is 1. The van der Waals surface area contributed by atoms with E-state index >= 15 is 0 Å². The van der Waals surface area contributed by atoms with Crippen molar-refractivity contribution in [3.05, 3.63) is 59.9 Å². The van der Waals surface area contributed by atoms with Crippen LogP contribution in [0.25, 0.3) is 0 Å². The third-order valence-corrected chi connectivity index (χ3v) is 4.49. The number of aliphatic hydroxyl groups excluding tert-OH is 1. The van der Waals surface area contributed by atoms with Gasteiger partial charge in [-0.1, -0.05) is 18.2 Å². The maximum absolute atomic E-state index is 12.4. The normalized spacial score (nSPS) is 18.0. The Kier molecular flexibility index (Phi) is 6.70. The number of nitrogens with one attached hydrogen (secondary N) is 1. The van der Waals surface area contributed by atoms with Gasteiger partial charge in [-0.15, -0.1) is 0 Å². The van der Waals surface area contributed by atoms with E-state index in [0.717, 1.165) is 5.56 Å². The number of anilines is 1. The zero-order valence-electron chi connectivity index (χ0n) is 15.6. The van der Waals surface area contributed by atoms with Crippen LogP contribution in [0.15, 0.2) is 48.8 Å². The molecule has 0 radical (unpaired) electrons. The Morgan fingerprint density at radius 3 is 2.86 bits per heavy atom. The lowest BCUT2D eigenvalue weighted by atomic mass is 9.99. The lowest BCUT2D eigenvalue weighted by Crippen LogP contribution is -2.51. The van der Waals surface area contributed by atoms with Crippen LogP contribution in [0, 0.1) is 0 Å². The van der Waals surface area contributed by atoms with Gasteiger partial charge < -0.3 is 24.8 Å². The monoisotopic (exact) mass is 385 g/mol. The zero-order chi connectivity index (χ0) is 19.9. The standard InChI is InChI=1S/C20H23N3O5/c1-27-12-18(24)22-16-6-4-15(5-7-16)20(26)17-11-28-13-19(25)23(17)10-14-3-2-8-21-9-14/h2-9,17,20,26H,10-13H2,1H3,(H,22,24). The second kappa shape index (κ2) is 9.41. The van der Waals surface area contributed by atoms with Gasteiger partial charge in [-0.25, -0.2) is 0 Å². The SMILES string of the molecule is COCC(=O)Nc1ccc(C(O)C2COCC(=O)N2Cc2cccnc2)cc1. The van der Waals surface area contributed by atoms with Crippen molar-refractivity contribution in [2.24, 2.45) is 0 Å². The average Bonchev–Trinajstić information content (AvgIpc) is 2.70. The highest BCUT2D eigenvalue weighted by molar-refractivity contribution is 5.91. The minimum atomic E-state index is -0.926. The Morgan fingerprint density at radius 2 is 2.18 bits per heavy atom. The van der Waals surface area contributed by atoms with Crippen LogP contribution in [0.4, 0.5) is 5.69 Å². The quantitative estimate of drug-likeness (QED) is 0.741. The number of methoxy groups -OCH3 is 1. The summed E-state index contributed by atoms with van der Waals surface area (Å²) in [7, 11) is 1.45. The van der Waals surface area contributed by atoms with Crippen LogP contribution in [0.2, 0.25) is 0 Å². The maximum atomic E-state index is 12.4. The molecule has 2 N–H and O–H groups in total. The van der Waals surface area contributed by atoms with Crippen molar-refractivity contribution >= 4 is 17.5 Å². The number of aromatic nitrogens is 1. The number of aliphatic hydroxyl groups is 1. The number of morpholine rings is 1. The Morgan fingerprint density at radius 1 is 1.39 bits per heavy atom. The number of carbonyl (C=O) groups is 2. The van der Waals surface area contributed by atoms with Gasteiger partial charge in [0.1, 0.15) is 19.3 Å². The molecule has 8 heteroatoms. The van der Waals surface area contributed by atoms with E-state index in [2.05, 4.69) is 10.3 Å². The molecule has 148 valence electrons. The molecule has 1 fully saturated rings. The molecule has 0 bridgehead atoms. The molecule has 1 saturated heterocycles. The molecule has 1 aliphatic rings. The second-order valence-corrected chi connectivity index (χ2v) is 6.51. The van der Waals surface area contributed by atoms with Gasteiger partial charge in [0.15, 0.2) is 0 Å². The molecular weight excluding hydrogens is 362 g/mol. The number of amides is 2. The number of hydrogen-bond donors (Lipinski definition) is 2. The summed E-state index contributed by atoms with van der Waals surface area (Å²) in [6.07, 6.45) is 2.44. The third kappa shape index (κ3) is 4.92. The summed E-state index contributed by atoms with van der Waals surface area (Å²) in [5.74, 6) is -0.438. The summed E-state index contributed by atoms with van der Waals surface area (Å²) < 4.78 is 10.2. The molecule has 0 aliphatic carbocycles. The summed E-state index contributed by atoms with van der Waals surface area (Å²) in [4.78, 5) is 29.7. The highest BCUT2D eigenvalue weighted by atomic mass is 16.5. The van der Waals surface area contributed by atoms with Crippen molar-refractivity contribution in [1.29, 1.82) is 0 Å². The molecule has 3 rings (SSSR count). The van der Waals surface area contributed by atoms with Gasteiger partial charge in [0.25, 0.3) is 0 Å². The van der Waals surface area contributed by atoms with E-state index in [1.54, 1.807) is 41.6 Å². The molecule has 0 saturated carbocycles. The van der Waals surface area contributed by atoms with Gasteiger partial charge in [0.05, 0.1) is 12.6 Å². The number of ether oxygens (including phenoxy) is 2. The molecule has 2 aromatic rings. The molecule has 2 atom stereocenters. The second-order valence-electron chi connectivity index (χ2n) is 6.51. The molecule has 2 unspecified atom stereocenters. The first-order valence-electron chi connectivity index (χ1n) is 8.91. The number of pyridine rings is 1. The Labute approximate surface area is 163 Å². The summed E-state index contributed by atoms with van der Waals surface area (Å²) >= 11 is 0. The van der Waals surface area contributed by atoms with Crippen molar-refractivity contribution in [2.45, 2.75) is 18.7 Å². The molecule has 2 heterocycles. The van der Waals surface area contributed by atoms with Crippen molar-refractivity contribution < 1.29 is 24.2 Å². The van der Waals surface area contributed by atoms with Crippen molar-refractivity contribution in [2.75, 3.05) is 32.2 Å². The predicted octanol–water partition coefficient (Wildman–Crippen LogP) is 1.13. The molecule has 1 aliphatic heterocycles. The minimum Gasteiger partial charge on any atom is -0.386 e. The van der Waals surface area contributed by atoms with Crippen LogP contribution in [0.3, 0.4) is 0 Å². The minimum absolute atomic E-state index is 0.00600. The lowest BCUT2D eigenvalue weighted by Gasteiger charge is -2.38. The summed E-state index contributed by atoms with van der Waals surface area (Å²) in [6, 6.07) is 10.0. The predicted molar refractivity (Wildman–Crippen MR) is 101 cm³/mol. The fourth-order valence-electron chi connectivity index (χ4n) is 3.09. The van der Waals surface area contributed by atoms with E-state index < -0.39 is 12.1 Å². The van der Waals surface area contributed by atoms with E-state index in [-0.39, 0.29) is 31.6 Å². The fourth-order valence-corrected chi connectivity index (χ4v) is 3.09. The first-order valence-corrected chi connectivity index (χ1v) is 8.91. The molecule has 2 amide bonds. The lowest BCUT2D eigenvalue weighted by molar-refractivity contribution is -0.155. The number of nitrogens with zero attached hydrogens (tertiary/aromatic N) is 2. The Bertz CT molecular complexity index is 797. The van der Waals surface area contributed by atoms with Gasteiger partial charge in [0.2, 0.25) is 11.8 Å². The first-order chi connectivity index (χ1) is 13.6. The number of hydrogen-bond acceptors (Lipinski definition) is 6.